The quantitative estimate of drug-likeness (QED) is 0.347. The van der Waals surface area contributed by atoms with Crippen LogP contribution in [-0.4, -0.2) is 35.1 Å². The lowest BCUT2D eigenvalue weighted by molar-refractivity contribution is -0.127. The smallest absolute Gasteiger partial charge is 0.294 e. The molecule has 1 aliphatic rings. The third kappa shape index (κ3) is 6.47. The number of para-hydroxylation sites is 1. The minimum atomic E-state index is -0.528. The van der Waals surface area contributed by atoms with Gasteiger partial charge in [0.1, 0.15) is 24.7 Å². The van der Waals surface area contributed by atoms with Crippen LogP contribution in [0.2, 0.25) is 5.02 Å². The molecular formula is C27H23ClN2O5S. The van der Waals surface area contributed by atoms with Gasteiger partial charge in [-0.25, -0.2) is 0 Å². The summed E-state index contributed by atoms with van der Waals surface area (Å²) in [5.74, 6) is 0.241. The van der Waals surface area contributed by atoms with Gasteiger partial charge in [0.05, 0.1) is 11.5 Å². The normalized spacial score (nSPS) is 14.3. The van der Waals surface area contributed by atoms with Crippen molar-refractivity contribution in [1.82, 2.24) is 4.90 Å². The van der Waals surface area contributed by atoms with E-state index in [4.69, 9.17) is 21.1 Å². The van der Waals surface area contributed by atoms with E-state index in [1.54, 1.807) is 54.6 Å². The summed E-state index contributed by atoms with van der Waals surface area (Å²) in [5, 5.41) is 2.83. The first kappa shape index (κ1) is 25.3. The Morgan fingerprint density at radius 2 is 1.72 bits per heavy atom. The maximum absolute atomic E-state index is 12.9. The van der Waals surface area contributed by atoms with Crippen LogP contribution in [0.5, 0.6) is 11.5 Å². The monoisotopic (exact) mass is 522 g/mol. The van der Waals surface area contributed by atoms with Crippen LogP contribution in [0.15, 0.2) is 77.7 Å². The lowest BCUT2D eigenvalue weighted by Crippen LogP contribution is -2.36. The summed E-state index contributed by atoms with van der Waals surface area (Å²) in [6.45, 7) is 2.35. The molecule has 7 nitrogen and oxygen atoms in total. The highest BCUT2D eigenvalue weighted by Gasteiger charge is 2.36. The first-order chi connectivity index (χ1) is 17.4. The number of benzene rings is 3. The van der Waals surface area contributed by atoms with Crippen molar-refractivity contribution in [2.45, 2.75) is 13.5 Å². The SMILES string of the molecule is CCOc1ccc(NC(=O)CN2C(=O)S/C(=C/c3ccccc3OCc3ccc(Cl)cc3)C2=O)cc1. The van der Waals surface area contributed by atoms with Crippen LogP contribution in [0.4, 0.5) is 10.5 Å². The van der Waals surface area contributed by atoms with Crippen molar-refractivity contribution < 1.29 is 23.9 Å². The molecule has 0 atom stereocenters. The van der Waals surface area contributed by atoms with Crippen molar-refractivity contribution in [1.29, 1.82) is 0 Å². The molecule has 3 aromatic rings. The summed E-state index contributed by atoms with van der Waals surface area (Å²) in [7, 11) is 0. The fraction of sp³-hybridized carbons (Fsp3) is 0.148. The van der Waals surface area contributed by atoms with Crippen molar-refractivity contribution in [3.8, 4) is 11.5 Å². The number of thioether (sulfide) groups is 1. The van der Waals surface area contributed by atoms with Gasteiger partial charge in [-0.3, -0.25) is 19.3 Å². The van der Waals surface area contributed by atoms with Crippen LogP contribution in [-0.2, 0) is 16.2 Å². The third-order valence-electron chi connectivity index (χ3n) is 5.14. The van der Waals surface area contributed by atoms with E-state index < -0.39 is 17.1 Å². The van der Waals surface area contributed by atoms with Crippen LogP contribution in [0.3, 0.4) is 0 Å². The van der Waals surface area contributed by atoms with E-state index in [0.717, 1.165) is 22.2 Å². The number of ether oxygens (including phenoxy) is 2. The van der Waals surface area contributed by atoms with E-state index >= 15 is 0 Å². The second kappa shape index (κ2) is 11.8. The van der Waals surface area contributed by atoms with Gasteiger partial charge in [0.25, 0.3) is 11.1 Å². The van der Waals surface area contributed by atoms with Crippen molar-refractivity contribution in [2.24, 2.45) is 0 Å². The molecule has 1 saturated heterocycles. The Labute approximate surface area is 218 Å². The van der Waals surface area contributed by atoms with Gasteiger partial charge in [0.2, 0.25) is 5.91 Å². The summed E-state index contributed by atoms with van der Waals surface area (Å²) in [6, 6.07) is 21.4. The van der Waals surface area contributed by atoms with Crippen molar-refractivity contribution in [3.63, 3.8) is 0 Å². The number of rotatable bonds is 9. The number of nitrogens with zero attached hydrogens (tertiary/aromatic N) is 1. The zero-order chi connectivity index (χ0) is 25.5. The molecule has 1 aliphatic heterocycles. The molecule has 0 bridgehead atoms. The standard InChI is InChI=1S/C27H23ClN2O5S/c1-2-34-22-13-11-21(12-14-22)29-25(31)16-30-26(32)24(36-27(30)33)15-19-5-3-4-6-23(19)35-17-18-7-9-20(28)10-8-18/h3-15H,2,16-17H2,1H3,(H,29,31)/b24-15+. The zero-order valence-corrected chi connectivity index (χ0v) is 21.0. The molecule has 4 rings (SSSR count). The average molecular weight is 523 g/mol. The number of hydrogen-bond donors (Lipinski definition) is 1. The number of halogens is 1. The number of imide groups is 1. The van der Waals surface area contributed by atoms with Crippen molar-refractivity contribution in [3.05, 3.63) is 93.9 Å². The molecule has 0 spiro atoms. The predicted octanol–water partition coefficient (Wildman–Crippen LogP) is 5.99. The number of hydrogen-bond acceptors (Lipinski definition) is 6. The van der Waals surface area contributed by atoms with Crippen LogP contribution in [0.1, 0.15) is 18.1 Å². The maximum atomic E-state index is 12.9. The van der Waals surface area contributed by atoms with Crippen molar-refractivity contribution in [2.75, 3.05) is 18.5 Å². The minimum absolute atomic E-state index is 0.219. The number of nitrogens with one attached hydrogen (secondary N) is 1. The number of carbonyl (C=O) groups is 3. The molecule has 1 fully saturated rings. The first-order valence-electron chi connectivity index (χ1n) is 11.2. The zero-order valence-electron chi connectivity index (χ0n) is 19.4. The van der Waals surface area contributed by atoms with E-state index in [2.05, 4.69) is 5.32 Å². The summed E-state index contributed by atoms with van der Waals surface area (Å²) < 4.78 is 11.3. The molecule has 1 heterocycles. The highest BCUT2D eigenvalue weighted by molar-refractivity contribution is 8.18. The van der Waals surface area contributed by atoms with Crippen LogP contribution in [0, 0.1) is 0 Å². The number of anilines is 1. The van der Waals surface area contributed by atoms with Crippen LogP contribution in [0.25, 0.3) is 6.08 Å². The lowest BCUT2D eigenvalue weighted by Gasteiger charge is -2.13. The lowest BCUT2D eigenvalue weighted by atomic mass is 10.1. The second-order valence-electron chi connectivity index (χ2n) is 7.73. The Morgan fingerprint density at radius 1 is 1.00 bits per heavy atom. The second-order valence-corrected chi connectivity index (χ2v) is 9.16. The van der Waals surface area contributed by atoms with Gasteiger partial charge >= 0.3 is 0 Å². The summed E-state index contributed by atoms with van der Waals surface area (Å²) in [4.78, 5) is 39.0. The summed E-state index contributed by atoms with van der Waals surface area (Å²) in [5.41, 5.74) is 2.13. The first-order valence-corrected chi connectivity index (χ1v) is 12.4. The minimum Gasteiger partial charge on any atom is -0.494 e. The molecule has 0 aliphatic carbocycles. The van der Waals surface area contributed by atoms with Gasteiger partial charge in [-0.1, -0.05) is 41.9 Å². The molecule has 36 heavy (non-hydrogen) atoms. The van der Waals surface area contributed by atoms with Crippen molar-refractivity contribution >= 4 is 52.2 Å². The average Bonchev–Trinajstić information content (AvgIpc) is 3.13. The molecule has 3 amide bonds. The van der Waals surface area contributed by atoms with E-state index in [1.807, 2.05) is 31.2 Å². The van der Waals surface area contributed by atoms with Gasteiger partial charge in [0, 0.05) is 16.3 Å². The predicted molar refractivity (Wildman–Crippen MR) is 141 cm³/mol. The number of carbonyl (C=O) groups excluding carboxylic acids is 3. The maximum Gasteiger partial charge on any atom is 0.294 e. The van der Waals surface area contributed by atoms with E-state index in [-0.39, 0.29) is 11.4 Å². The molecule has 184 valence electrons. The van der Waals surface area contributed by atoms with Crippen LogP contribution < -0.4 is 14.8 Å². The van der Waals surface area contributed by atoms with E-state index in [1.165, 1.54) is 0 Å². The van der Waals surface area contributed by atoms with Gasteiger partial charge in [-0.15, -0.1) is 0 Å². The highest BCUT2D eigenvalue weighted by atomic mass is 35.5. The molecule has 3 aromatic carbocycles. The van der Waals surface area contributed by atoms with Gasteiger partial charge in [0.15, 0.2) is 0 Å². The topological polar surface area (TPSA) is 84.9 Å². The van der Waals surface area contributed by atoms with Crippen LogP contribution >= 0.6 is 23.4 Å². The Morgan fingerprint density at radius 3 is 2.44 bits per heavy atom. The van der Waals surface area contributed by atoms with E-state index in [0.29, 0.717) is 41.0 Å². The molecule has 1 N–H and O–H groups in total. The molecule has 9 heteroatoms. The van der Waals surface area contributed by atoms with Gasteiger partial charge in [-0.05, 0) is 72.8 Å². The fourth-order valence-corrected chi connectivity index (χ4v) is 4.35. The highest BCUT2D eigenvalue weighted by Crippen LogP contribution is 2.34. The summed E-state index contributed by atoms with van der Waals surface area (Å²) >= 11 is 6.72. The largest absolute Gasteiger partial charge is 0.494 e. The Balaban J connectivity index is 1.41. The Bertz CT molecular complexity index is 1290. The molecule has 0 aromatic heterocycles. The summed E-state index contributed by atoms with van der Waals surface area (Å²) in [6.07, 6.45) is 1.60. The fourth-order valence-electron chi connectivity index (χ4n) is 3.40. The molecule has 0 radical (unpaired) electrons. The number of amides is 3. The Hall–Kier alpha value is -3.75. The van der Waals surface area contributed by atoms with Gasteiger partial charge in [-0.2, -0.15) is 0 Å². The Kier molecular flexibility index (Phi) is 8.30. The third-order valence-corrected chi connectivity index (χ3v) is 6.30. The molecule has 0 saturated carbocycles. The van der Waals surface area contributed by atoms with E-state index in [9.17, 15) is 14.4 Å². The molecular weight excluding hydrogens is 500 g/mol. The molecule has 0 unspecified atom stereocenters. The van der Waals surface area contributed by atoms with Gasteiger partial charge < -0.3 is 14.8 Å².